The molecule has 0 atom stereocenters. The van der Waals surface area contributed by atoms with E-state index in [1.165, 1.54) is 11.3 Å². The first kappa shape index (κ1) is 20.6. The van der Waals surface area contributed by atoms with Gasteiger partial charge in [0.15, 0.2) is 5.13 Å². The molecule has 3 heterocycles. The quantitative estimate of drug-likeness (QED) is 0.619. The van der Waals surface area contributed by atoms with Gasteiger partial charge in [-0.3, -0.25) is 4.79 Å². The number of aromatic nitrogens is 3. The summed E-state index contributed by atoms with van der Waals surface area (Å²) in [5.74, 6) is 1.15. The number of nitrogens with one attached hydrogen (secondary N) is 1. The van der Waals surface area contributed by atoms with Crippen molar-refractivity contribution in [1.82, 2.24) is 15.0 Å². The molecule has 156 valence electrons. The SMILES string of the molecule is COc1ccnc(N2CCC(C(=O)Nc3ncc(Cc4cccc(Cl)c4)s3)CC2)n1. The molecular formula is C21H22ClN5O2S. The Bertz CT molecular complexity index is 1020. The van der Waals surface area contributed by atoms with Gasteiger partial charge in [0.05, 0.1) is 7.11 Å². The van der Waals surface area contributed by atoms with E-state index in [1.807, 2.05) is 30.5 Å². The molecule has 30 heavy (non-hydrogen) atoms. The number of carbonyl (C=O) groups is 1. The molecule has 0 spiro atoms. The maximum Gasteiger partial charge on any atom is 0.229 e. The van der Waals surface area contributed by atoms with E-state index < -0.39 is 0 Å². The van der Waals surface area contributed by atoms with Crippen LogP contribution in [0.3, 0.4) is 0 Å². The van der Waals surface area contributed by atoms with E-state index >= 15 is 0 Å². The minimum Gasteiger partial charge on any atom is -0.481 e. The number of nitrogens with zero attached hydrogens (tertiary/aromatic N) is 4. The number of amides is 1. The van der Waals surface area contributed by atoms with Crippen LogP contribution in [0, 0.1) is 5.92 Å². The van der Waals surface area contributed by atoms with Crippen molar-refractivity contribution in [2.45, 2.75) is 19.3 Å². The lowest BCUT2D eigenvalue weighted by Gasteiger charge is -2.31. The fourth-order valence-electron chi connectivity index (χ4n) is 3.44. The Morgan fingerprint density at radius 2 is 2.13 bits per heavy atom. The number of carbonyl (C=O) groups excluding carboxylic acids is 1. The Hall–Kier alpha value is -2.71. The summed E-state index contributed by atoms with van der Waals surface area (Å²) in [4.78, 5) is 28.9. The molecule has 1 aliphatic rings. The van der Waals surface area contributed by atoms with Crippen molar-refractivity contribution in [2.24, 2.45) is 5.92 Å². The summed E-state index contributed by atoms with van der Waals surface area (Å²) in [6.45, 7) is 1.45. The van der Waals surface area contributed by atoms with Crippen molar-refractivity contribution < 1.29 is 9.53 Å². The number of piperidine rings is 1. The Morgan fingerprint density at radius 1 is 1.30 bits per heavy atom. The third-order valence-corrected chi connectivity index (χ3v) is 6.17. The lowest BCUT2D eigenvalue weighted by molar-refractivity contribution is -0.120. The van der Waals surface area contributed by atoms with Crippen molar-refractivity contribution in [2.75, 3.05) is 30.4 Å². The molecule has 1 fully saturated rings. The minimum atomic E-state index is -0.0489. The molecule has 2 aromatic heterocycles. The van der Waals surface area contributed by atoms with Gasteiger partial charge in [-0.25, -0.2) is 9.97 Å². The highest BCUT2D eigenvalue weighted by Crippen LogP contribution is 2.26. The molecule has 1 aliphatic heterocycles. The Morgan fingerprint density at radius 3 is 2.90 bits per heavy atom. The number of ether oxygens (including phenoxy) is 1. The van der Waals surface area contributed by atoms with Crippen LogP contribution >= 0.6 is 22.9 Å². The van der Waals surface area contributed by atoms with Gasteiger partial charge in [-0.2, -0.15) is 4.98 Å². The van der Waals surface area contributed by atoms with Gasteiger partial charge in [0.25, 0.3) is 0 Å². The van der Waals surface area contributed by atoms with Crippen molar-refractivity contribution in [3.8, 4) is 5.88 Å². The van der Waals surface area contributed by atoms with E-state index in [0.717, 1.165) is 47.8 Å². The molecule has 1 aromatic carbocycles. The van der Waals surface area contributed by atoms with Crippen LogP contribution in [0.15, 0.2) is 42.7 Å². The van der Waals surface area contributed by atoms with Crippen molar-refractivity contribution in [3.05, 3.63) is 58.2 Å². The van der Waals surface area contributed by atoms with Gasteiger partial charge in [-0.1, -0.05) is 23.7 Å². The predicted molar refractivity (Wildman–Crippen MR) is 119 cm³/mol. The van der Waals surface area contributed by atoms with Gasteiger partial charge in [0.2, 0.25) is 17.7 Å². The number of hydrogen-bond donors (Lipinski definition) is 1. The van der Waals surface area contributed by atoms with Gasteiger partial charge in [-0.05, 0) is 30.5 Å². The zero-order valence-corrected chi connectivity index (χ0v) is 18.1. The summed E-state index contributed by atoms with van der Waals surface area (Å²) in [5.41, 5.74) is 1.12. The number of halogens is 1. The summed E-state index contributed by atoms with van der Waals surface area (Å²) in [5, 5.41) is 4.33. The number of hydrogen-bond acceptors (Lipinski definition) is 7. The predicted octanol–water partition coefficient (Wildman–Crippen LogP) is 4.04. The first-order valence-corrected chi connectivity index (χ1v) is 10.9. The van der Waals surface area contributed by atoms with Gasteiger partial charge < -0.3 is 15.0 Å². The molecule has 0 unspecified atom stereocenters. The monoisotopic (exact) mass is 443 g/mol. The maximum atomic E-state index is 12.7. The smallest absolute Gasteiger partial charge is 0.229 e. The summed E-state index contributed by atoms with van der Waals surface area (Å²) in [7, 11) is 1.59. The molecule has 0 radical (unpaired) electrons. The fraction of sp³-hybridized carbons (Fsp3) is 0.333. The number of benzene rings is 1. The average Bonchev–Trinajstić information content (AvgIpc) is 3.20. The molecule has 1 N–H and O–H groups in total. The van der Waals surface area contributed by atoms with E-state index in [9.17, 15) is 4.79 Å². The molecule has 0 bridgehead atoms. The van der Waals surface area contributed by atoms with Crippen LogP contribution in [-0.2, 0) is 11.2 Å². The molecule has 3 aromatic rings. The van der Waals surface area contributed by atoms with E-state index in [4.69, 9.17) is 16.3 Å². The van der Waals surface area contributed by atoms with Crippen LogP contribution in [0.1, 0.15) is 23.3 Å². The zero-order valence-electron chi connectivity index (χ0n) is 16.5. The number of rotatable bonds is 6. The van der Waals surface area contributed by atoms with Crippen molar-refractivity contribution >= 4 is 39.9 Å². The summed E-state index contributed by atoms with van der Waals surface area (Å²) < 4.78 is 5.16. The third-order valence-electron chi connectivity index (χ3n) is 5.03. The molecule has 9 heteroatoms. The molecule has 0 saturated carbocycles. The maximum absolute atomic E-state index is 12.7. The number of thiazole rings is 1. The lowest BCUT2D eigenvalue weighted by atomic mass is 9.96. The first-order chi connectivity index (χ1) is 14.6. The van der Waals surface area contributed by atoms with Gasteiger partial charge >= 0.3 is 0 Å². The average molecular weight is 444 g/mol. The molecule has 1 amide bonds. The lowest BCUT2D eigenvalue weighted by Crippen LogP contribution is -2.39. The molecule has 0 aliphatic carbocycles. The molecule has 4 rings (SSSR count). The van der Waals surface area contributed by atoms with Crippen LogP contribution in [0.2, 0.25) is 5.02 Å². The molecular weight excluding hydrogens is 422 g/mol. The second-order valence-electron chi connectivity index (χ2n) is 7.09. The van der Waals surface area contributed by atoms with Gasteiger partial charge in [0.1, 0.15) is 0 Å². The Kier molecular flexibility index (Phi) is 6.44. The van der Waals surface area contributed by atoms with E-state index in [2.05, 4.69) is 25.2 Å². The second kappa shape index (κ2) is 9.40. The van der Waals surface area contributed by atoms with Gasteiger partial charge in [-0.15, -0.1) is 11.3 Å². The van der Waals surface area contributed by atoms with Crippen molar-refractivity contribution in [3.63, 3.8) is 0 Å². The highest BCUT2D eigenvalue weighted by molar-refractivity contribution is 7.15. The summed E-state index contributed by atoms with van der Waals surface area (Å²) >= 11 is 7.55. The number of methoxy groups -OCH3 is 1. The van der Waals surface area contributed by atoms with Crippen LogP contribution in [0.4, 0.5) is 11.1 Å². The summed E-state index contributed by atoms with van der Waals surface area (Å²) in [6.07, 6.45) is 5.72. The van der Waals surface area contributed by atoms with E-state index in [0.29, 0.717) is 17.0 Å². The minimum absolute atomic E-state index is 0.0184. The Balaban J connectivity index is 1.30. The summed E-state index contributed by atoms with van der Waals surface area (Å²) in [6, 6.07) is 9.49. The standard InChI is InChI=1S/C21H22ClN5O2S/c1-29-18-5-8-23-20(25-18)27-9-6-15(7-10-27)19(28)26-21-24-13-17(30-21)12-14-3-2-4-16(22)11-14/h2-5,8,11,13,15H,6-7,9-10,12H2,1H3,(H,24,26,28). The number of anilines is 2. The van der Waals surface area contributed by atoms with Crippen LogP contribution in [0.5, 0.6) is 5.88 Å². The van der Waals surface area contributed by atoms with E-state index in [1.54, 1.807) is 19.4 Å². The van der Waals surface area contributed by atoms with Gasteiger partial charge in [0, 0.05) is 53.8 Å². The topological polar surface area (TPSA) is 80.2 Å². The van der Waals surface area contributed by atoms with Crippen LogP contribution in [0.25, 0.3) is 0 Å². The largest absolute Gasteiger partial charge is 0.481 e. The molecule has 7 nitrogen and oxygen atoms in total. The second-order valence-corrected chi connectivity index (χ2v) is 8.64. The zero-order chi connectivity index (χ0) is 20.9. The van der Waals surface area contributed by atoms with E-state index in [-0.39, 0.29) is 11.8 Å². The third kappa shape index (κ3) is 5.06. The van der Waals surface area contributed by atoms with Crippen LogP contribution < -0.4 is 15.0 Å². The Labute approximate surface area is 184 Å². The van der Waals surface area contributed by atoms with Crippen LogP contribution in [-0.4, -0.2) is 41.1 Å². The highest BCUT2D eigenvalue weighted by Gasteiger charge is 2.27. The normalized spacial score (nSPS) is 14.5. The van der Waals surface area contributed by atoms with Crippen molar-refractivity contribution in [1.29, 1.82) is 0 Å². The highest BCUT2D eigenvalue weighted by atomic mass is 35.5. The molecule has 1 saturated heterocycles. The first-order valence-electron chi connectivity index (χ1n) is 9.72. The fourth-order valence-corrected chi connectivity index (χ4v) is 4.51.